The van der Waals surface area contributed by atoms with Crippen LogP contribution < -0.4 is 15.2 Å². The van der Waals surface area contributed by atoms with Crippen LogP contribution in [0.2, 0.25) is 0 Å². The molecule has 0 saturated heterocycles. The first-order chi connectivity index (χ1) is 7.69. The van der Waals surface area contributed by atoms with Crippen molar-refractivity contribution in [3.05, 3.63) is 23.8 Å². The van der Waals surface area contributed by atoms with Crippen molar-refractivity contribution in [3.8, 4) is 11.5 Å². The summed E-state index contributed by atoms with van der Waals surface area (Å²) in [6, 6.07) is 5.11. The first-order valence-electron chi connectivity index (χ1n) is 4.83. The Hall–Kier alpha value is -1.75. The minimum atomic E-state index is 0.00161. The zero-order valence-corrected chi connectivity index (χ0v) is 9.45. The summed E-state index contributed by atoms with van der Waals surface area (Å²) < 4.78 is 15.5. The highest BCUT2D eigenvalue weighted by Crippen LogP contribution is 2.27. The van der Waals surface area contributed by atoms with Crippen molar-refractivity contribution >= 4 is 5.84 Å². The van der Waals surface area contributed by atoms with Crippen molar-refractivity contribution < 1.29 is 14.2 Å². The fourth-order valence-corrected chi connectivity index (χ4v) is 1.19. The molecule has 0 heterocycles. The number of nitrogen functional groups attached to an aromatic ring is 1. The van der Waals surface area contributed by atoms with E-state index in [4.69, 9.17) is 25.4 Å². The van der Waals surface area contributed by atoms with Gasteiger partial charge in [-0.05, 0) is 18.2 Å². The highest BCUT2D eigenvalue weighted by molar-refractivity contribution is 5.95. The average Bonchev–Trinajstić information content (AvgIpc) is 2.29. The molecule has 1 aromatic rings. The van der Waals surface area contributed by atoms with Crippen molar-refractivity contribution in [1.82, 2.24) is 0 Å². The van der Waals surface area contributed by atoms with Crippen LogP contribution in [0.25, 0.3) is 0 Å². The topological polar surface area (TPSA) is 77.6 Å². The number of methoxy groups -OCH3 is 2. The molecule has 0 spiro atoms. The van der Waals surface area contributed by atoms with Crippen LogP contribution in [-0.2, 0) is 4.74 Å². The summed E-state index contributed by atoms with van der Waals surface area (Å²) in [6.45, 7) is 0.962. The van der Waals surface area contributed by atoms with Crippen LogP contribution in [0.1, 0.15) is 5.56 Å². The molecule has 88 valence electrons. The lowest BCUT2D eigenvalue weighted by Crippen LogP contribution is -2.11. The maximum Gasteiger partial charge on any atom is 0.161 e. The van der Waals surface area contributed by atoms with Gasteiger partial charge in [0.2, 0.25) is 0 Å². The van der Waals surface area contributed by atoms with Crippen LogP contribution in [0.4, 0.5) is 0 Å². The molecule has 0 fully saturated rings. The maximum absolute atomic E-state index is 7.31. The maximum atomic E-state index is 7.31. The van der Waals surface area contributed by atoms with E-state index >= 15 is 0 Å². The zero-order chi connectivity index (χ0) is 12.0. The summed E-state index contributed by atoms with van der Waals surface area (Å²) in [5.74, 6) is 1.18. The van der Waals surface area contributed by atoms with Crippen molar-refractivity contribution in [2.75, 3.05) is 27.4 Å². The Balaban J connectivity index is 2.80. The normalized spacial score (nSPS) is 9.88. The van der Waals surface area contributed by atoms with E-state index in [2.05, 4.69) is 0 Å². The second kappa shape index (κ2) is 5.97. The van der Waals surface area contributed by atoms with Gasteiger partial charge in [-0.15, -0.1) is 0 Å². The van der Waals surface area contributed by atoms with Crippen molar-refractivity contribution in [2.24, 2.45) is 5.73 Å². The monoisotopic (exact) mass is 224 g/mol. The fraction of sp³-hybridized carbons (Fsp3) is 0.364. The molecule has 0 radical (unpaired) electrons. The van der Waals surface area contributed by atoms with Crippen LogP contribution in [0.15, 0.2) is 18.2 Å². The second-order valence-electron chi connectivity index (χ2n) is 3.12. The van der Waals surface area contributed by atoms with E-state index in [1.165, 1.54) is 0 Å². The van der Waals surface area contributed by atoms with E-state index in [1.54, 1.807) is 32.4 Å². The Morgan fingerprint density at radius 2 is 2.00 bits per heavy atom. The zero-order valence-electron chi connectivity index (χ0n) is 9.45. The minimum Gasteiger partial charge on any atom is -0.493 e. The summed E-state index contributed by atoms with van der Waals surface area (Å²) >= 11 is 0. The van der Waals surface area contributed by atoms with E-state index in [0.717, 1.165) is 0 Å². The molecule has 0 bridgehead atoms. The molecule has 0 saturated carbocycles. The number of rotatable bonds is 6. The molecule has 5 heteroatoms. The Morgan fingerprint density at radius 3 is 2.56 bits per heavy atom. The quantitative estimate of drug-likeness (QED) is 0.429. The summed E-state index contributed by atoms with van der Waals surface area (Å²) in [4.78, 5) is 0. The summed E-state index contributed by atoms with van der Waals surface area (Å²) in [5, 5.41) is 7.31. The third-order valence-corrected chi connectivity index (χ3v) is 2.02. The van der Waals surface area contributed by atoms with E-state index in [1.807, 2.05) is 0 Å². The molecule has 1 aromatic carbocycles. The molecular formula is C11H16N2O3. The molecule has 0 unspecified atom stereocenters. The SMILES string of the molecule is COCCOc1ccc(C(=N)N)cc1OC. The molecule has 3 N–H and O–H groups in total. The predicted molar refractivity (Wildman–Crippen MR) is 61.4 cm³/mol. The van der Waals surface area contributed by atoms with Gasteiger partial charge in [0.15, 0.2) is 11.5 Å². The molecule has 1 rings (SSSR count). The lowest BCUT2D eigenvalue weighted by Gasteiger charge is -2.11. The van der Waals surface area contributed by atoms with E-state index < -0.39 is 0 Å². The Bertz CT molecular complexity index is 366. The van der Waals surface area contributed by atoms with Crippen LogP contribution in [0, 0.1) is 5.41 Å². The highest BCUT2D eigenvalue weighted by atomic mass is 16.5. The van der Waals surface area contributed by atoms with Crippen molar-refractivity contribution in [2.45, 2.75) is 0 Å². The second-order valence-corrected chi connectivity index (χ2v) is 3.12. The van der Waals surface area contributed by atoms with E-state index in [-0.39, 0.29) is 5.84 Å². The largest absolute Gasteiger partial charge is 0.493 e. The van der Waals surface area contributed by atoms with Gasteiger partial charge >= 0.3 is 0 Å². The molecule has 0 aromatic heterocycles. The molecule has 0 aliphatic rings. The number of nitrogens with one attached hydrogen (secondary N) is 1. The van der Waals surface area contributed by atoms with E-state index in [0.29, 0.717) is 30.3 Å². The predicted octanol–water partition coefficient (Wildman–Crippen LogP) is 1.00. The first-order valence-corrected chi connectivity index (χ1v) is 4.83. The molecule has 0 amide bonds. The molecule has 0 aliphatic carbocycles. The van der Waals surface area contributed by atoms with Gasteiger partial charge in [-0.25, -0.2) is 0 Å². The Kier molecular flexibility index (Phi) is 4.60. The highest BCUT2D eigenvalue weighted by Gasteiger charge is 2.06. The fourth-order valence-electron chi connectivity index (χ4n) is 1.19. The minimum absolute atomic E-state index is 0.00161. The number of hydrogen-bond acceptors (Lipinski definition) is 4. The van der Waals surface area contributed by atoms with Gasteiger partial charge in [0.25, 0.3) is 0 Å². The summed E-state index contributed by atoms with van der Waals surface area (Å²) in [7, 11) is 3.15. The lowest BCUT2D eigenvalue weighted by molar-refractivity contribution is 0.144. The van der Waals surface area contributed by atoms with Crippen molar-refractivity contribution in [1.29, 1.82) is 5.41 Å². The van der Waals surface area contributed by atoms with Crippen LogP contribution in [0.3, 0.4) is 0 Å². The van der Waals surface area contributed by atoms with Gasteiger partial charge in [0.1, 0.15) is 12.4 Å². The summed E-state index contributed by atoms with van der Waals surface area (Å²) in [5.41, 5.74) is 5.98. The third-order valence-electron chi connectivity index (χ3n) is 2.02. The average molecular weight is 224 g/mol. The van der Waals surface area contributed by atoms with Crippen molar-refractivity contribution in [3.63, 3.8) is 0 Å². The van der Waals surface area contributed by atoms with Gasteiger partial charge in [0.05, 0.1) is 13.7 Å². The Labute approximate surface area is 94.6 Å². The first kappa shape index (κ1) is 12.3. The van der Waals surface area contributed by atoms with Gasteiger partial charge < -0.3 is 19.9 Å². The van der Waals surface area contributed by atoms with Gasteiger partial charge in [-0.2, -0.15) is 0 Å². The smallest absolute Gasteiger partial charge is 0.161 e. The van der Waals surface area contributed by atoms with Crippen LogP contribution in [-0.4, -0.2) is 33.3 Å². The number of nitrogens with two attached hydrogens (primary N) is 1. The standard InChI is InChI=1S/C11H16N2O3/c1-14-5-6-16-9-4-3-8(11(12)13)7-10(9)15-2/h3-4,7H,5-6H2,1-2H3,(H3,12,13). The lowest BCUT2D eigenvalue weighted by atomic mass is 10.2. The molecule has 0 atom stereocenters. The summed E-state index contributed by atoms with van der Waals surface area (Å²) in [6.07, 6.45) is 0. The van der Waals surface area contributed by atoms with Gasteiger partial charge in [-0.3, -0.25) is 5.41 Å². The molecule has 16 heavy (non-hydrogen) atoms. The van der Waals surface area contributed by atoms with Gasteiger partial charge in [-0.1, -0.05) is 0 Å². The number of hydrogen-bond donors (Lipinski definition) is 2. The van der Waals surface area contributed by atoms with Crippen LogP contribution >= 0.6 is 0 Å². The third kappa shape index (κ3) is 3.13. The molecule has 5 nitrogen and oxygen atoms in total. The molecular weight excluding hydrogens is 208 g/mol. The number of ether oxygens (including phenoxy) is 3. The number of benzene rings is 1. The molecule has 0 aliphatic heterocycles. The van der Waals surface area contributed by atoms with Crippen LogP contribution in [0.5, 0.6) is 11.5 Å². The van der Waals surface area contributed by atoms with E-state index in [9.17, 15) is 0 Å². The number of amidine groups is 1. The van der Waals surface area contributed by atoms with Gasteiger partial charge in [0, 0.05) is 12.7 Å². The Morgan fingerprint density at radius 1 is 1.25 bits per heavy atom.